The quantitative estimate of drug-likeness (QED) is 0.640. The number of likely N-dealkylation sites (tertiary alicyclic amines) is 2. The molecule has 11 nitrogen and oxygen atoms in total. The molecule has 11 heteroatoms. The van der Waals surface area contributed by atoms with Gasteiger partial charge in [-0.2, -0.15) is 0 Å². The topological polar surface area (TPSA) is 130 Å². The number of nitrogens with zero attached hydrogens (tertiary/aromatic N) is 5. The molecular formula is C25H40N6O5. The summed E-state index contributed by atoms with van der Waals surface area (Å²) in [5.41, 5.74) is -0.652. The van der Waals surface area contributed by atoms with Gasteiger partial charge in [-0.3, -0.25) is 9.59 Å². The van der Waals surface area contributed by atoms with E-state index in [0.29, 0.717) is 6.54 Å². The predicted molar refractivity (Wildman–Crippen MR) is 131 cm³/mol. The number of rotatable bonds is 4. The van der Waals surface area contributed by atoms with Gasteiger partial charge in [-0.1, -0.05) is 26.0 Å². The summed E-state index contributed by atoms with van der Waals surface area (Å²) in [5, 5.41) is 21.7. The molecule has 0 radical (unpaired) electrons. The van der Waals surface area contributed by atoms with Crippen molar-refractivity contribution in [3.63, 3.8) is 0 Å². The zero-order valence-corrected chi connectivity index (χ0v) is 22.4. The maximum atomic E-state index is 13.8. The maximum absolute atomic E-state index is 13.8. The highest BCUT2D eigenvalue weighted by atomic mass is 16.6. The van der Waals surface area contributed by atoms with E-state index in [1.807, 2.05) is 52.6 Å². The largest absolute Gasteiger partial charge is 0.444 e. The number of hydrogen-bond donors (Lipinski definition) is 2. The second kappa shape index (κ2) is 9.00. The number of aliphatic hydroxyl groups excluding tert-OH is 1. The first-order chi connectivity index (χ1) is 16.7. The monoisotopic (exact) mass is 504 g/mol. The molecule has 1 saturated carbocycles. The highest BCUT2D eigenvalue weighted by molar-refractivity contribution is 5.90. The van der Waals surface area contributed by atoms with Crippen LogP contribution in [0.15, 0.2) is 6.20 Å². The van der Waals surface area contributed by atoms with Gasteiger partial charge < -0.3 is 25.0 Å². The minimum Gasteiger partial charge on any atom is -0.444 e. The zero-order valence-electron chi connectivity index (χ0n) is 22.4. The van der Waals surface area contributed by atoms with Crippen molar-refractivity contribution in [2.24, 2.45) is 5.41 Å². The predicted octanol–water partition coefficient (Wildman–Crippen LogP) is 1.83. The van der Waals surface area contributed by atoms with Gasteiger partial charge in [0.1, 0.15) is 17.7 Å². The van der Waals surface area contributed by atoms with Crippen LogP contribution in [0, 0.1) is 5.41 Å². The molecule has 3 heterocycles. The van der Waals surface area contributed by atoms with Crippen LogP contribution in [-0.4, -0.2) is 91.2 Å². The van der Waals surface area contributed by atoms with Crippen LogP contribution in [0.4, 0.5) is 4.79 Å². The van der Waals surface area contributed by atoms with Crippen molar-refractivity contribution in [2.45, 2.75) is 102 Å². The van der Waals surface area contributed by atoms with Crippen molar-refractivity contribution in [3.8, 4) is 0 Å². The van der Waals surface area contributed by atoms with Gasteiger partial charge in [0, 0.05) is 38.7 Å². The third-order valence-electron chi connectivity index (χ3n) is 7.52. The van der Waals surface area contributed by atoms with Gasteiger partial charge in [0.2, 0.25) is 11.8 Å². The molecule has 2 saturated heterocycles. The van der Waals surface area contributed by atoms with Crippen molar-refractivity contribution in [1.29, 1.82) is 0 Å². The van der Waals surface area contributed by atoms with Crippen molar-refractivity contribution < 1.29 is 24.2 Å². The molecule has 3 aliphatic rings. The first-order valence-electron chi connectivity index (χ1n) is 12.8. The van der Waals surface area contributed by atoms with Crippen LogP contribution in [0.2, 0.25) is 0 Å². The second-order valence-corrected chi connectivity index (χ2v) is 12.5. The summed E-state index contributed by atoms with van der Waals surface area (Å²) in [7, 11) is 1.52. The lowest BCUT2D eigenvalue weighted by atomic mass is 9.85. The molecule has 1 aromatic heterocycles. The number of carbonyl (C=O) groups is 3. The highest BCUT2D eigenvalue weighted by Gasteiger charge is 2.61. The Morgan fingerprint density at radius 3 is 2.42 bits per heavy atom. The molecule has 3 fully saturated rings. The normalized spacial score (nSPS) is 26.3. The van der Waals surface area contributed by atoms with Crippen molar-refractivity contribution >= 4 is 17.9 Å². The molecule has 2 aliphatic heterocycles. The average molecular weight is 505 g/mol. The summed E-state index contributed by atoms with van der Waals surface area (Å²) >= 11 is 0. The highest BCUT2D eigenvalue weighted by Crippen LogP contribution is 2.57. The molecule has 36 heavy (non-hydrogen) atoms. The van der Waals surface area contributed by atoms with Crippen LogP contribution < -0.4 is 5.32 Å². The van der Waals surface area contributed by atoms with Gasteiger partial charge >= 0.3 is 6.09 Å². The van der Waals surface area contributed by atoms with E-state index < -0.39 is 29.2 Å². The lowest BCUT2D eigenvalue weighted by Crippen LogP contribution is -2.49. The van der Waals surface area contributed by atoms with E-state index in [9.17, 15) is 19.5 Å². The van der Waals surface area contributed by atoms with E-state index in [1.54, 1.807) is 4.68 Å². The second-order valence-electron chi connectivity index (χ2n) is 12.5. The fourth-order valence-electron chi connectivity index (χ4n) is 5.78. The van der Waals surface area contributed by atoms with Gasteiger partial charge in [0.05, 0.1) is 17.3 Å². The third kappa shape index (κ3) is 4.81. The Morgan fingerprint density at radius 2 is 1.86 bits per heavy atom. The lowest BCUT2D eigenvalue weighted by Gasteiger charge is -2.34. The van der Waals surface area contributed by atoms with Crippen molar-refractivity contribution in [1.82, 2.24) is 30.1 Å². The standard InChI is InChI=1S/C25H40N6O5/c1-23(2,3)19(21(34)29-13-15(32)12-18(29)20(33)26-7)31-14-17(27-28-31)16-8-11-30(25(16)9-10-25)22(35)36-24(4,5)6/h14-16,18-19,32H,8-13H2,1-7H3,(H,26,33). The van der Waals surface area contributed by atoms with Crippen molar-refractivity contribution in [3.05, 3.63) is 11.9 Å². The summed E-state index contributed by atoms with van der Waals surface area (Å²) in [6.45, 7) is 12.1. The van der Waals surface area contributed by atoms with Crippen LogP contribution in [0.1, 0.15) is 84.9 Å². The van der Waals surface area contributed by atoms with Crippen molar-refractivity contribution in [2.75, 3.05) is 20.1 Å². The SMILES string of the molecule is CNC(=O)C1CC(O)CN1C(=O)C(n1cc(C2CCN(C(=O)OC(C)(C)C)C23CC3)nn1)C(C)(C)C. The number of β-amino-alcohol motifs (C(OH)–C–C–N with tert-alkyl or cyclic N) is 1. The molecule has 1 spiro atoms. The van der Waals surface area contributed by atoms with Gasteiger partial charge in [-0.25, -0.2) is 9.48 Å². The Balaban J connectivity index is 1.58. The maximum Gasteiger partial charge on any atom is 0.410 e. The van der Waals surface area contributed by atoms with Crippen LogP contribution in [0.3, 0.4) is 0 Å². The number of aliphatic hydroxyl groups is 1. The third-order valence-corrected chi connectivity index (χ3v) is 7.52. The minimum absolute atomic E-state index is 0.0155. The van der Waals surface area contributed by atoms with Crippen LogP contribution in [0.5, 0.6) is 0 Å². The molecule has 4 unspecified atom stereocenters. The number of nitrogens with one attached hydrogen (secondary N) is 1. The molecule has 4 rings (SSSR count). The molecule has 0 bridgehead atoms. The van der Waals surface area contributed by atoms with E-state index in [-0.39, 0.29) is 42.3 Å². The fraction of sp³-hybridized carbons (Fsp3) is 0.800. The summed E-state index contributed by atoms with van der Waals surface area (Å²) in [5.74, 6) is -0.551. The Bertz CT molecular complexity index is 1020. The lowest BCUT2D eigenvalue weighted by molar-refractivity contribution is -0.144. The zero-order chi connectivity index (χ0) is 26.6. The summed E-state index contributed by atoms with van der Waals surface area (Å²) in [6.07, 6.45) is 3.48. The first-order valence-corrected chi connectivity index (χ1v) is 12.8. The Morgan fingerprint density at radius 1 is 1.19 bits per heavy atom. The van der Waals surface area contributed by atoms with Crippen LogP contribution in [0.25, 0.3) is 0 Å². The summed E-state index contributed by atoms with van der Waals surface area (Å²) in [6, 6.07) is -1.44. The van der Waals surface area contributed by atoms with E-state index in [2.05, 4.69) is 15.6 Å². The van der Waals surface area contributed by atoms with E-state index in [1.165, 1.54) is 11.9 Å². The number of amides is 3. The molecule has 0 aromatic carbocycles. The van der Waals surface area contributed by atoms with Gasteiger partial charge in [0.15, 0.2) is 0 Å². The molecule has 1 aromatic rings. The number of ether oxygens (including phenoxy) is 1. The fourth-order valence-corrected chi connectivity index (χ4v) is 5.78. The Hall–Kier alpha value is -2.69. The Kier molecular flexibility index (Phi) is 6.60. The van der Waals surface area contributed by atoms with Gasteiger partial charge in [-0.05, 0) is 45.4 Å². The van der Waals surface area contributed by atoms with Crippen LogP contribution in [-0.2, 0) is 14.3 Å². The molecular weight excluding hydrogens is 464 g/mol. The van der Waals surface area contributed by atoms with Gasteiger partial charge in [-0.15, -0.1) is 5.10 Å². The number of carbonyl (C=O) groups excluding carboxylic acids is 3. The molecule has 1 aliphatic carbocycles. The molecule has 3 amide bonds. The first kappa shape index (κ1) is 26.4. The minimum atomic E-state index is -0.754. The number of likely N-dealkylation sites (N-methyl/N-ethyl adjacent to an activating group) is 1. The molecule has 2 N–H and O–H groups in total. The number of hydrogen-bond acceptors (Lipinski definition) is 7. The van der Waals surface area contributed by atoms with E-state index in [0.717, 1.165) is 25.0 Å². The van der Waals surface area contributed by atoms with Crippen LogP contribution >= 0.6 is 0 Å². The summed E-state index contributed by atoms with van der Waals surface area (Å²) < 4.78 is 7.24. The van der Waals surface area contributed by atoms with E-state index in [4.69, 9.17) is 4.74 Å². The smallest absolute Gasteiger partial charge is 0.410 e. The molecule has 4 atom stereocenters. The summed E-state index contributed by atoms with van der Waals surface area (Å²) in [4.78, 5) is 42.4. The average Bonchev–Trinajstić information content (AvgIpc) is 3.07. The number of aromatic nitrogens is 3. The van der Waals surface area contributed by atoms with Gasteiger partial charge in [0.25, 0.3) is 0 Å². The Labute approximate surface area is 212 Å². The van der Waals surface area contributed by atoms with E-state index >= 15 is 0 Å². The molecule has 200 valence electrons.